The molecule has 0 radical (unpaired) electrons. The van der Waals surface area contributed by atoms with Crippen molar-refractivity contribution >= 4 is 5.91 Å². The molecule has 0 aliphatic carbocycles. The summed E-state index contributed by atoms with van der Waals surface area (Å²) in [6.07, 6.45) is 3.98. The summed E-state index contributed by atoms with van der Waals surface area (Å²) >= 11 is 0. The highest BCUT2D eigenvalue weighted by Gasteiger charge is 2.20. The van der Waals surface area contributed by atoms with E-state index in [1.807, 2.05) is 78.5 Å². The number of imidazole rings is 1. The molecular formula is C19H19N3O. The summed E-state index contributed by atoms with van der Waals surface area (Å²) in [6.45, 7) is 0. The second kappa shape index (κ2) is 6.92. The van der Waals surface area contributed by atoms with E-state index in [-0.39, 0.29) is 11.9 Å². The van der Waals surface area contributed by atoms with Crippen LogP contribution >= 0.6 is 0 Å². The molecule has 1 unspecified atom stereocenters. The minimum Gasteiger partial charge on any atom is -0.342 e. The molecule has 3 aromatic rings. The number of benzene rings is 2. The van der Waals surface area contributed by atoms with Gasteiger partial charge in [-0.1, -0.05) is 60.7 Å². The minimum atomic E-state index is -0.257. The number of rotatable bonds is 5. The first-order valence-corrected chi connectivity index (χ1v) is 7.59. The normalized spacial score (nSPS) is 11.9. The van der Waals surface area contributed by atoms with Gasteiger partial charge in [-0.3, -0.25) is 4.79 Å². The second-order valence-electron chi connectivity index (χ2n) is 5.47. The van der Waals surface area contributed by atoms with E-state index in [0.717, 1.165) is 17.0 Å². The molecule has 4 heteroatoms. The summed E-state index contributed by atoms with van der Waals surface area (Å²) in [4.78, 5) is 16.9. The molecule has 0 spiro atoms. The zero-order valence-corrected chi connectivity index (χ0v) is 13.0. The highest BCUT2D eigenvalue weighted by atomic mass is 16.1. The third-order valence-electron chi connectivity index (χ3n) is 3.76. The van der Waals surface area contributed by atoms with Gasteiger partial charge in [-0.05, 0) is 11.1 Å². The van der Waals surface area contributed by atoms with Gasteiger partial charge < -0.3 is 9.88 Å². The molecule has 4 nitrogen and oxygen atoms in total. The molecule has 1 aromatic heterocycles. The number of hydrogen-bond donors (Lipinski definition) is 1. The van der Waals surface area contributed by atoms with Crippen LogP contribution in [-0.2, 0) is 18.3 Å². The third-order valence-corrected chi connectivity index (χ3v) is 3.76. The summed E-state index contributed by atoms with van der Waals surface area (Å²) in [5, 5.41) is 3.10. The van der Waals surface area contributed by atoms with Gasteiger partial charge in [-0.25, -0.2) is 4.98 Å². The molecule has 0 saturated heterocycles. The van der Waals surface area contributed by atoms with E-state index in [1.165, 1.54) is 0 Å². The fourth-order valence-electron chi connectivity index (χ4n) is 2.59. The van der Waals surface area contributed by atoms with E-state index in [2.05, 4.69) is 10.3 Å². The van der Waals surface area contributed by atoms with Gasteiger partial charge in [0.05, 0.1) is 6.42 Å². The van der Waals surface area contributed by atoms with Gasteiger partial charge in [0.2, 0.25) is 5.91 Å². The number of nitrogens with one attached hydrogen (secondary N) is 1. The van der Waals surface area contributed by atoms with Crippen molar-refractivity contribution < 1.29 is 4.79 Å². The van der Waals surface area contributed by atoms with Crippen LogP contribution in [0.25, 0.3) is 0 Å². The maximum atomic E-state index is 12.5. The summed E-state index contributed by atoms with van der Waals surface area (Å²) in [5.74, 6) is 0.797. The molecule has 1 amide bonds. The maximum absolute atomic E-state index is 12.5. The van der Waals surface area contributed by atoms with Gasteiger partial charge in [0.1, 0.15) is 11.9 Å². The molecule has 2 aromatic carbocycles. The minimum absolute atomic E-state index is 0.0203. The predicted molar refractivity (Wildman–Crippen MR) is 89.8 cm³/mol. The van der Waals surface area contributed by atoms with Crippen LogP contribution < -0.4 is 5.32 Å². The van der Waals surface area contributed by atoms with Crippen LogP contribution in [0.2, 0.25) is 0 Å². The molecule has 23 heavy (non-hydrogen) atoms. The maximum Gasteiger partial charge on any atom is 0.225 e. The molecule has 0 fully saturated rings. The van der Waals surface area contributed by atoms with Gasteiger partial charge in [-0.2, -0.15) is 0 Å². The average molecular weight is 305 g/mol. The first-order chi connectivity index (χ1) is 11.2. The largest absolute Gasteiger partial charge is 0.342 e. The summed E-state index contributed by atoms with van der Waals surface area (Å²) in [7, 11) is 1.93. The monoisotopic (exact) mass is 305 g/mol. The van der Waals surface area contributed by atoms with Crippen LogP contribution in [-0.4, -0.2) is 15.5 Å². The number of hydrogen-bond acceptors (Lipinski definition) is 2. The van der Waals surface area contributed by atoms with Crippen molar-refractivity contribution in [2.75, 3.05) is 0 Å². The van der Waals surface area contributed by atoms with Gasteiger partial charge in [-0.15, -0.1) is 0 Å². The van der Waals surface area contributed by atoms with E-state index < -0.39 is 0 Å². The SMILES string of the molecule is Cn1ccnc1C(NC(=O)Cc1ccccc1)c1ccccc1. The number of amides is 1. The molecule has 0 saturated carbocycles. The molecule has 0 aliphatic rings. The number of carbonyl (C=O) groups excluding carboxylic acids is 1. The highest BCUT2D eigenvalue weighted by Crippen LogP contribution is 2.20. The predicted octanol–water partition coefficient (Wildman–Crippen LogP) is 2.87. The Labute approximate surface area is 135 Å². The van der Waals surface area contributed by atoms with E-state index in [0.29, 0.717) is 6.42 Å². The molecule has 1 N–H and O–H groups in total. The van der Waals surface area contributed by atoms with E-state index in [9.17, 15) is 4.79 Å². The Hall–Kier alpha value is -2.88. The van der Waals surface area contributed by atoms with Gasteiger partial charge in [0, 0.05) is 19.4 Å². The Bertz CT molecular complexity index is 766. The Balaban J connectivity index is 1.82. The fraction of sp³-hybridized carbons (Fsp3) is 0.158. The van der Waals surface area contributed by atoms with Crippen molar-refractivity contribution in [3.8, 4) is 0 Å². The lowest BCUT2D eigenvalue weighted by atomic mass is 10.1. The van der Waals surface area contributed by atoms with Crippen molar-refractivity contribution in [1.82, 2.24) is 14.9 Å². The Kier molecular flexibility index (Phi) is 4.52. The topological polar surface area (TPSA) is 46.9 Å². The first-order valence-electron chi connectivity index (χ1n) is 7.59. The lowest BCUT2D eigenvalue weighted by Crippen LogP contribution is -2.32. The molecule has 116 valence electrons. The molecule has 3 rings (SSSR count). The van der Waals surface area contributed by atoms with Gasteiger partial charge >= 0.3 is 0 Å². The number of aromatic nitrogens is 2. The molecule has 1 atom stereocenters. The number of nitrogens with zero attached hydrogens (tertiary/aromatic N) is 2. The highest BCUT2D eigenvalue weighted by molar-refractivity contribution is 5.79. The first kappa shape index (κ1) is 15.0. The van der Waals surface area contributed by atoms with Gasteiger partial charge in [0.25, 0.3) is 0 Å². The van der Waals surface area contributed by atoms with Crippen molar-refractivity contribution in [2.45, 2.75) is 12.5 Å². The quantitative estimate of drug-likeness (QED) is 0.788. The summed E-state index contributed by atoms with van der Waals surface area (Å²) in [5.41, 5.74) is 2.01. The van der Waals surface area contributed by atoms with E-state index >= 15 is 0 Å². The van der Waals surface area contributed by atoms with Crippen LogP contribution in [0.15, 0.2) is 73.1 Å². The third kappa shape index (κ3) is 3.66. The average Bonchev–Trinajstić information content (AvgIpc) is 3.00. The van der Waals surface area contributed by atoms with Crippen LogP contribution in [0.4, 0.5) is 0 Å². The van der Waals surface area contributed by atoms with Crippen LogP contribution in [0, 0.1) is 0 Å². The van der Waals surface area contributed by atoms with Crippen LogP contribution in [0.5, 0.6) is 0 Å². The molecule has 0 bridgehead atoms. The van der Waals surface area contributed by atoms with Crippen molar-refractivity contribution in [3.05, 3.63) is 90.0 Å². The zero-order valence-electron chi connectivity index (χ0n) is 13.0. The van der Waals surface area contributed by atoms with Crippen LogP contribution in [0.1, 0.15) is 23.0 Å². The van der Waals surface area contributed by atoms with Crippen molar-refractivity contribution in [2.24, 2.45) is 7.05 Å². The summed E-state index contributed by atoms with van der Waals surface area (Å²) in [6, 6.07) is 19.4. The van der Waals surface area contributed by atoms with Crippen LogP contribution in [0.3, 0.4) is 0 Å². The number of aryl methyl sites for hydroxylation is 1. The fourth-order valence-corrected chi connectivity index (χ4v) is 2.59. The Morgan fingerprint density at radius 2 is 1.74 bits per heavy atom. The lowest BCUT2D eigenvalue weighted by Gasteiger charge is -2.19. The molecule has 0 aliphatic heterocycles. The number of carbonyl (C=O) groups is 1. The Morgan fingerprint density at radius 3 is 2.35 bits per heavy atom. The lowest BCUT2D eigenvalue weighted by molar-refractivity contribution is -0.121. The molecule has 1 heterocycles. The zero-order chi connectivity index (χ0) is 16.1. The smallest absolute Gasteiger partial charge is 0.225 e. The van der Waals surface area contributed by atoms with Crippen molar-refractivity contribution in [1.29, 1.82) is 0 Å². The summed E-state index contributed by atoms with van der Waals surface area (Å²) < 4.78 is 1.93. The second-order valence-corrected chi connectivity index (χ2v) is 5.47. The Morgan fingerprint density at radius 1 is 1.09 bits per heavy atom. The molecular weight excluding hydrogens is 286 g/mol. The van der Waals surface area contributed by atoms with E-state index in [1.54, 1.807) is 6.20 Å². The van der Waals surface area contributed by atoms with E-state index in [4.69, 9.17) is 0 Å². The van der Waals surface area contributed by atoms with Gasteiger partial charge in [0.15, 0.2) is 0 Å². The van der Waals surface area contributed by atoms with Crippen molar-refractivity contribution in [3.63, 3.8) is 0 Å². The standard InChI is InChI=1S/C19H19N3O/c1-22-13-12-20-19(22)18(16-10-6-3-7-11-16)21-17(23)14-15-8-4-2-5-9-15/h2-13,18H,14H2,1H3,(H,21,23).